The Morgan fingerprint density at radius 3 is 2.65 bits per heavy atom. The SMILES string of the molecule is CCc1ccc(NC(=O)C2=NNC(=O)C2)cc1. The first kappa shape index (κ1) is 11.3. The number of amides is 2. The van der Waals surface area contributed by atoms with Gasteiger partial charge in [0, 0.05) is 5.69 Å². The van der Waals surface area contributed by atoms with Gasteiger partial charge in [-0.3, -0.25) is 9.59 Å². The fraction of sp³-hybridized carbons (Fsp3) is 0.250. The molecule has 1 aromatic carbocycles. The van der Waals surface area contributed by atoms with E-state index in [2.05, 4.69) is 22.8 Å². The molecule has 0 aliphatic carbocycles. The van der Waals surface area contributed by atoms with Gasteiger partial charge < -0.3 is 5.32 Å². The summed E-state index contributed by atoms with van der Waals surface area (Å²) in [6.45, 7) is 2.07. The quantitative estimate of drug-likeness (QED) is 0.816. The van der Waals surface area contributed by atoms with Crippen molar-refractivity contribution in [3.63, 3.8) is 0 Å². The maximum atomic E-state index is 11.7. The summed E-state index contributed by atoms with van der Waals surface area (Å²) in [5.74, 6) is -0.593. The number of aryl methyl sites for hydroxylation is 1. The third-order valence-corrected chi connectivity index (χ3v) is 2.53. The number of nitrogens with zero attached hydrogens (tertiary/aromatic N) is 1. The smallest absolute Gasteiger partial charge is 0.272 e. The van der Waals surface area contributed by atoms with E-state index in [-0.39, 0.29) is 23.9 Å². The van der Waals surface area contributed by atoms with Crippen LogP contribution < -0.4 is 10.7 Å². The lowest BCUT2D eigenvalue weighted by molar-refractivity contribution is -0.119. The molecule has 1 aliphatic rings. The first-order valence-electron chi connectivity index (χ1n) is 5.44. The zero-order valence-corrected chi connectivity index (χ0v) is 9.49. The number of hydrogen-bond donors (Lipinski definition) is 2. The molecule has 0 spiro atoms. The van der Waals surface area contributed by atoms with E-state index >= 15 is 0 Å². The van der Waals surface area contributed by atoms with Crippen LogP contribution >= 0.6 is 0 Å². The van der Waals surface area contributed by atoms with Crippen LogP contribution in [0.15, 0.2) is 29.4 Å². The predicted octanol–water partition coefficient (Wildman–Crippen LogP) is 1.06. The van der Waals surface area contributed by atoms with Crippen LogP contribution in [0.3, 0.4) is 0 Å². The monoisotopic (exact) mass is 231 g/mol. The lowest BCUT2D eigenvalue weighted by Gasteiger charge is -2.04. The van der Waals surface area contributed by atoms with Gasteiger partial charge in [-0.25, -0.2) is 5.43 Å². The molecular formula is C12H13N3O2. The van der Waals surface area contributed by atoms with Crippen molar-refractivity contribution in [2.45, 2.75) is 19.8 Å². The fourth-order valence-corrected chi connectivity index (χ4v) is 1.52. The minimum Gasteiger partial charge on any atom is -0.321 e. The third kappa shape index (κ3) is 2.69. The first-order chi connectivity index (χ1) is 8.19. The lowest BCUT2D eigenvalue weighted by atomic mass is 10.1. The number of carbonyl (C=O) groups excluding carboxylic acids is 2. The summed E-state index contributed by atoms with van der Waals surface area (Å²) in [7, 11) is 0. The third-order valence-electron chi connectivity index (χ3n) is 2.53. The van der Waals surface area contributed by atoms with Gasteiger partial charge in [0.05, 0.1) is 6.42 Å². The molecule has 5 heteroatoms. The Hall–Kier alpha value is -2.17. The summed E-state index contributed by atoms with van der Waals surface area (Å²) in [5.41, 5.74) is 4.37. The minimum absolute atomic E-state index is 0.0406. The molecule has 17 heavy (non-hydrogen) atoms. The van der Waals surface area contributed by atoms with Crippen LogP contribution in [-0.2, 0) is 16.0 Å². The second kappa shape index (κ2) is 4.78. The summed E-state index contributed by atoms with van der Waals surface area (Å²) >= 11 is 0. The highest BCUT2D eigenvalue weighted by Crippen LogP contribution is 2.10. The standard InChI is InChI=1S/C12H13N3O2/c1-2-8-3-5-9(6-4-8)13-12(17)10-7-11(16)15-14-10/h3-6H,2,7H2,1H3,(H,13,17)(H,15,16). The van der Waals surface area contributed by atoms with Crippen molar-refractivity contribution < 1.29 is 9.59 Å². The summed E-state index contributed by atoms with van der Waals surface area (Å²) in [5, 5.41) is 6.35. The van der Waals surface area contributed by atoms with E-state index in [9.17, 15) is 9.59 Å². The van der Waals surface area contributed by atoms with Crippen LogP contribution in [0.25, 0.3) is 0 Å². The lowest BCUT2D eigenvalue weighted by Crippen LogP contribution is -2.22. The molecule has 0 saturated heterocycles. The number of nitrogens with one attached hydrogen (secondary N) is 2. The van der Waals surface area contributed by atoms with Gasteiger partial charge in [0.15, 0.2) is 0 Å². The maximum Gasteiger partial charge on any atom is 0.272 e. The molecule has 88 valence electrons. The van der Waals surface area contributed by atoms with E-state index in [1.807, 2.05) is 24.3 Å². The highest BCUT2D eigenvalue weighted by molar-refractivity contribution is 6.46. The number of anilines is 1. The number of benzene rings is 1. The van der Waals surface area contributed by atoms with Gasteiger partial charge in [-0.2, -0.15) is 5.10 Å². The van der Waals surface area contributed by atoms with Gasteiger partial charge in [-0.1, -0.05) is 19.1 Å². The number of rotatable bonds is 3. The van der Waals surface area contributed by atoms with Crippen LogP contribution in [-0.4, -0.2) is 17.5 Å². The van der Waals surface area contributed by atoms with E-state index in [0.29, 0.717) is 5.69 Å². The van der Waals surface area contributed by atoms with Crippen LogP contribution in [0.2, 0.25) is 0 Å². The van der Waals surface area contributed by atoms with Crippen molar-refractivity contribution in [3.8, 4) is 0 Å². The highest BCUT2D eigenvalue weighted by Gasteiger charge is 2.21. The topological polar surface area (TPSA) is 70.6 Å². The van der Waals surface area contributed by atoms with Gasteiger partial charge >= 0.3 is 0 Å². The fourth-order valence-electron chi connectivity index (χ4n) is 1.52. The number of carbonyl (C=O) groups is 2. The van der Waals surface area contributed by atoms with E-state index < -0.39 is 0 Å². The van der Waals surface area contributed by atoms with Crippen LogP contribution in [0, 0.1) is 0 Å². The van der Waals surface area contributed by atoms with Crippen LogP contribution in [0.5, 0.6) is 0 Å². The van der Waals surface area contributed by atoms with E-state index in [4.69, 9.17) is 0 Å². The summed E-state index contributed by atoms with van der Waals surface area (Å²) < 4.78 is 0. The van der Waals surface area contributed by atoms with Crippen LogP contribution in [0.1, 0.15) is 18.9 Å². The largest absolute Gasteiger partial charge is 0.321 e. The molecule has 5 nitrogen and oxygen atoms in total. The molecule has 0 bridgehead atoms. The van der Waals surface area contributed by atoms with Crippen LogP contribution in [0.4, 0.5) is 5.69 Å². The molecular weight excluding hydrogens is 218 g/mol. The van der Waals surface area contributed by atoms with E-state index in [1.54, 1.807) is 0 Å². The van der Waals surface area contributed by atoms with E-state index in [0.717, 1.165) is 6.42 Å². The van der Waals surface area contributed by atoms with Gasteiger partial charge in [0.25, 0.3) is 5.91 Å². The van der Waals surface area contributed by atoms with Gasteiger partial charge in [0.1, 0.15) is 5.71 Å². The Kier molecular flexibility index (Phi) is 3.18. The molecule has 2 amide bonds. The van der Waals surface area contributed by atoms with Crippen molar-refractivity contribution in [3.05, 3.63) is 29.8 Å². The molecule has 1 heterocycles. The highest BCUT2D eigenvalue weighted by atomic mass is 16.2. The number of hydrogen-bond acceptors (Lipinski definition) is 3. The second-order valence-electron chi connectivity index (χ2n) is 3.77. The summed E-state index contributed by atoms with van der Waals surface area (Å²) in [6.07, 6.45) is 0.998. The Balaban J connectivity index is 2.00. The normalized spacial score (nSPS) is 14.2. The molecule has 0 aromatic heterocycles. The summed E-state index contributed by atoms with van der Waals surface area (Å²) in [4.78, 5) is 22.6. The molecule has 0 unspecified atom stereocenters. The van der Waals surface area contributed by atoms with Crippen molar-refractivity contribution in [2.24, 2.45) is 5.10 Å². The minimum atomic E-state index is -0.340. The molecule has 0 fully saturated rings. The van der Waals surface area contributed by atoms with Gasteiger partial charge in [-0.15, -0.1) is 0 Å². The molecule has 0 atom stereocenters. The van der Waals surface area contributed by atoms with Crippen molar-refractivity contribution in [1.82, 2.24) is 5.43 Å². The van der Waals surface area contributed by atoms with E-state index in [1.165, 1.54) is 5.56 Å². The zero-order valence-electron chi connectivity index (χ0n) is 9.49. The van der Waals surface area contributed by atoms with Gasteiger partial charge in [0.2, 0.25) is 5.91 Å². The summed E-state index contributed by atoms with van der Waals surface area (Å²) in [6, 6.07) is 7.58. The average Bonchev–Trinajstić information content (AvgIpc) is 2.77. The average molecular weight is 231 g/mol. The Bertz CT molecular complexity index is 477. The zero-order chi connectivity index (χ0) is 12.3. The Morgan fingerprint density at radius 2 is 2.12 bits per heavy atom. The molecule has 1 aromatic rings. The Morgan fingerprint density at radius 1 is 1.41 bits per heavy atom. The first-order valence-corrected chi connectivity index (χ1v) is 5.44. The predicted molar refractivity (Wildman–Crippen MR) is 64.6 cm³/mol. The number of hydrazone groups is 1. The molecule has 1 aliphatic heterocycles. The van der Waals surface area contributed by atoms with Crippen molar-refractivity contribution >= 4 is 23.2 Å². The second-order valence-corrected chi connectivity index (χ2v) is 3.77. The molecule has 0 radical (unpaired) electrons. The molecule has 2 N–H and O–H groups in total. The molecule has 0 saturated carbocycles. The maximum absolute atomic E-state index is 11.7. The van der Waals surface area contributed by atoms with Crippen molar-refractivity contribution in [2.75, 3.05) is 5.32 Å². The molecule has 2 rings (SSSR count). The van der Waals surface area contributed by atoms with Gasteiger partial charge in [-0.05, 0) is 24.1 Å². The Labute approximate surface area is 98.9 Å². The van der Waals surface area contributed by atoms with Crippen molar-refractivity contribution in [1.29, 1.82) is 0 Å².